The fourth-order valence-corrected chi connectivity index (χ4v) is 8.80. The van der Waals surface area contributed by atoms with Crippen LogP contribution in [0.3, 0.4) is 0 Å². The summed E-state index contributed by atoms with van der Waals surface area (Å²) < 4.78 is 67.4. The Kier molecular flexibility index (Phi) is 19.1. The van der Waals surface area contributed by atoms with E-state index in [-0.39, 0.29) is 35.0 Å². The Bertz CT molecular complexity index is 2030. The molecule has 0 radical (unpaired) electrons. The van der Waals surface area contributed by atoms with Gasteiger partial charge in [0.25, 0.3) is 0 Å². The molecule has 0 aromatic heterocycles. The third-order valence-electron chi connectivity index (χ3n) is 11.2. The summed E-state index contributed by atoms with van der Waals surface area (Å²) in [6, 6.07) is 12.4. The van der Waals surface area contributed by atoms with Gasteiger partial charge in [0.05, 0.1) is 23.8 Å². The van der Waals surface area contributed by atoms with Gasteiger partial charge in [-0.25, -0.2) is 9.59 Å². The lowest BCUT2D eigenvalue weighted by Gasteiger charge is -2.47. The lowest BCUT2D eigenvalue weighted by molar-refractivity contribution is -0.341. The highest BCUT2D eigenvalue weighted by Crippen LogP contribution is 2.39. The molecule has 2 aliphatic heterocycles. The third kappa shape index (κ3) is 14.5. The highest BCUT2D eigenvalue weighted by molar-refractivity contribution is 9.10. The number of benzene rings is 2. The maximum Gasteiger partial charge on any atom is 0.338 e. The van der Waals surface area contributed by atoms with Gasteiger partial charge in [0.2, 0.25) is 0 Å². The smallest absolute Gasteiger partial charge is 0.338 e. The summed E-state index contributed by atoms with van der Waals surface area (Å²) in [6.45, 7) is 10.6. The summed E-state index contributed by atoms with van der Waals surface area (Å²) in [5, 5.41) is 0. The molecule has 2 saturated heterocycles. The van der Waals surface area contributed by atoms with E-state index in [1.807, 2.05) is 0 Å². The Hall–Kier alpha value is -4.47. The van der Waals surface area contributed by atoms with E-state index in [0.29, 0.717) is 15.4 Å². The van der Waals surface area contributed by atoms with Crippen molar-refractivity contribution in [2.75, 3.05) is 13.2 Å². The largest absolute Gasteiger partial charge is 0.459 e. The number of carbonyl (C=O) groups is 7. The zero-order chi connectivity index (χ0) is 48.4. The maximum atomic E-state index is 13.7. The van der Waals surface area contributed by atoms with Crippen LogP contribution in [-0.4, -0.2) is 123 Å². The van der Waals surface area contributed by atoms with Gasteiger partial charge in [0.15, 0.2) is 49.2 Å². The fourth-order valence-electron chi connectivity index (χ4n) is 8.27. The average molecular weight is 1060 g/mol. The van der Waals surface area contributed by atoms with Crippen LogP contribution in [0, 0.1) is 17.8 Å². The number of rotatable bonds is 16. The highest BCUT2D eigenvalue weighted by Gasteiger charge is 2.56. The molecule has 5 rings (SSSR count). The normalized spacial score (nSPS) is 29.7. The standard InChI is InChI=1S/C46H56Br2O18/c1-22(2)33-18-9-23(3)19-34(33)63-46-42(62-28(8)53)39(59-25(5)50)37(58-24(4)49)36(65-46)21-57-45-41(61-27(7)52)40(60-26(6)51)38(66-44(55)30-12-16-32(48)17-13-30)35(64-45)20-56-43(54)29-10-14-31(47)15-11-29/h10-17,22-23,33-42,45-46H,9,18-21H2,1-8H3/t23-,33+,34-,35-,36-,37-,38-,39+,40+,41-,42-,45-,46-/m1/s1. The van der Waals surface area contributed by atoms with Gasteiger partial charge in [-0.1, -0.05) is 59.1 Å². The van der Waals surface area contributed by atoms with E-state index >= 15 is 0 Å². The SMILES string of the molecule is CC(=O)O[C@@H]1[C@@H](OC(C)=O)[C@H](O[C@@H]2C[C@H](C)CC[C@H]2C(C)C)O[C@H](CO[C@@H]2O[C@H](COC(=O)c3ccc(Br)cc3)[C@@H](OC(=O)c3ccc(Br)cc3)[C@H](OC(C)=O)[C@H]2OC(C)=O)[C@H]1OC(C)=O. The highest BCUT2D eigenvalue weighted by atomic mass is 79.9. The van der Waals surface area contributed by atoms with Gasteiger partial charge in [0.1, 0.15) is 18.8 Å². The molecule has 66 heavy (non-hydrogen) atoms. The quantitative estimate of drug-likeness (QED) is 0.135. The molecular weight excluding hydrogens is 1000 g/mol. The Labute approximate surface area is 399 Å². The van der Waals surface area contributed by atoms with Crippen LogP contribution in [0.5, 0.6) is 0 Å². The van der Waals surface area contributed by atoms with Crippen molar-refractivity contribution in [2.45, 2.75) is 142 Å². The van der Waals surface area contributed by atoms with E-state index in [1.54, 1.807) is 24.3 Å². The number of carbonyl (C=O) groups excluding carboxylic acids is 7. The molecule has 1 saturated carbocycles. The Balaban J connectivity index is 1.54. The first-order valence-corrected chi connectivity index (χ1v) is 23.1. The monoisotopic (exact) mass is 1050 g/mol. The van der Waals surface area contributed by atoms with Crippen molar-refractivity contribution in [2.24, 2.45) is 17.8 Å². The summed E-state index contributed by atoms with van der Waals surface area (Å²) in [7, 11) is 0. The summed E-state index contributed by atoms with van der Waals surface area (Å²) in [6.07, 6.45) is -13.2. The molecule has 20 heteroatoms. The van der Waals surface area contributed by atoms with E-state index in [9.17, 15) is 33.6 Å². The van der Waals surface area contributed by atoms with Crippen molar-refractivity contribution in [3.63, 3.8) is 0 Å². The van der Waals surface area contributed by atoms with Gasteiger partial charge >= 0.3 is 41.8 Å². The van der Waals surface area contributed by atoms with Crippen LogP contribution in [0.2, 0.25) is 0 Å². The fraction of sp³-hybridized carbons (Fsp3) is 0.587. The van der Waals surface area contributed by atoms with Crippen LogP contribution < -0.4 is 0 Å². The summed E-state index contributed by atoms with van der Waals surface area (Å²) in [4.78, 5) is 90.6. The molecule has 18 nitrogen and oxygen atoms in total. The average Bonchev–Trinajstić information content (AvgIpc) is 3.22. The van der Waals surface area contributed by atoms with Gasteiger partial charge in [-0.3, -0.25) is 24.0 Å². The van der Waals surface area contributed by atoms with Crippen molar-refractivity contribution in [1.82, 2.24) is 0 Å². The third-order valence-corrected chi connectivity index (χ3v) is 12.2. The van der Waals surface area contributed by atoms with Crippen molar-refractivity contribution in [3.05, 3.63) is 68.6 Å². The van der Waals surface area contributed by atoms with Crippen molar-refractivity contribution >= 4 is 73.6 Å². The van der Waals surface area contributed by atoms with E-state index in [4.69, 9.17) is 52.1 Å². The minimum absolute atomic E-state index is 0.0785. The number of halogens is 2. The van der Waals surface area contributed by atoms with Crippen LogP contribution in [0.15, 0.2) is 57.5 Å². The van der Waals surface area contributed by atoms with Crippen LogP contribution >= 0.6 is 31.9 Å². The topological polar surface area (TPSA) is 221 Å². The minimum atomic E-state index is -1.71. The molecule has 3 fully saturated rings. The molecule has 2 aromatic rings. The van der Waals surface area contributed by atoms with Crippen LogP contribution in [0.1, 0.15) is 95.4 Å². The Morgan fingerprint density at radius 1 is 0.561 bits per heavy atom. The van der Waals surface area contributed by atoms with Crippen molar-refractivity contribution < 1.29 is 85.7 Å². The molecular formula is C46H56Br2O18. The van der Waals surface area contributed by atoms with E-state index in [2.05, 4.69) is 52.6 Å². The lowest BCUT2D eigenvalue weighted by atomic mass is 9.75. The summed E-state index contributed by atoms with van der Waals surface area (Å²) >= 11 is 6.66. The van der Waals surface area contributed by atoms with Gasteiger partial charge in [-0.2, -0.15) is 0 Å². The first-order valence-electron chi connectivity index (χ1n) is 21.5. The van der Waals surface area contributed by atoms with Gasteiger partial charge < -0.3 is 52.1 Å². The molecule has 0 N–H and O–H groups in total. The molecule has 13 atom stereocenters. The zero-order valence-electron chi connectivity index (χ0n) is 37.8. The van der Waals surface area contributed by atoms with Gasteiger partial charge in [-0.15, -0.1) is 0 Å². The van der Waals surface area contributed by atoms with E-state index in [0.717, 1.165) is 47.5 Å². The van der Waals surface area contributed by atoms with E-state index in [1.165, 1.54) is 24.3 Å². The van der Waals surface area contributed by atoms with Gasteiger partial charge in [-0.05, 0) is 79.1 Å². The second kappa shape index (κ2) is 24.0. The number of hydrogen-bond donors (Lipinski definition) is 0. The van der Waals surface area contributed by atoms with Crippen molar-refractivity contribution in [3.8, 4) is 0 Å². The number of ether oxygens (including phenoxy) is 11. The molecule has 362 valence electrons. The molecule has 2 aromatic carbocycles. The minimum Gasteiger partial charge on any atom is -0.459 e. The second-order valence-corrected chi connectivity index (χ2v) is 18.6. The molecule has 0 amide bonds. The van der Waals surface area contributed by atoms with Crippen molar-refractivity contribution in [1.29, 1.82) is 0 Å². The molecule has 0 unspecified atom stereocenters. The zero-order valence-corrected chi connectivity index (χ0v) is 41.0. The summed E-state index contributed by atoms with van der Waals surface area (Å²) in [5.41, 5.74) is 0.256. The van der Waals surface area contributed by atoms with Crippen LogP contribution in [-0.2, 0) is 76.1 Å². The first-order chi connectivity index (χ1) is 31.2. The molecule has 2 heterocycles. The second-order valence-electron chi connectivity index (χ2n) is 16.8. The number of hydrogen-bond acceptors (Lipinski definition) is 18. The molecule has 0 spiro atoms. The first kappa shape index (κ1) is 52.5. The summed E-state index contributed by atoms with van der Waals surface area (Å²) in [5.74, 6) is -5.27. The predicted octanol–water partition coefficient (Wildman–Crippen LogP) is 6.20. The van der Waals surface area contributed by atoms with Gasteiger partial charge in [0, 0.05) is 43.6 Å². The Morgan fingerprint density at radius 3 is 1.48 bits per heavy atom. The number of esters is 7. The molecule has 0 bridgehead atoms. The molecule has 3 aliphatic rings. The predicted molar refractivity (Wildman–Crippen MR) is 235 cm³/mol. The molecule has 1 aliphatic carbocycles. The lowest BCUT2D eigenvalue weighted by Crippen LogP contribution is -2.65. The van der Waals surface area contributed by atoms with Crippen LogP contribution in [0.25, 0.3) is 0 Å². The van der Waals surface area contributed by atoms with E-state index < -0.39 is 116 Å². The maximum absolute atomic E-state index is 13.7. The van der Waals surface area contributed by atoms with Crippen LogP contribution in [0.4, 0.5) is 0 Å². The Morgan fingerprint density at radius 2 is 0.985 bits per heavy atom.